The molecule has 1 aliphatic rings. The minimum Gasteiger partial charge on any atom is -0.330 e. The van der Waals surface area contributed by atoms with Crippen LogP contribution in [0.25, 0.3) is 0 Å². The molecule has 2 rings (SSSR count). The summed E-state index contributed by atoms with van der Waals surface area (Å²) in [7, 11) is 0. The molecule has 0 bridgehead atoms. The molecule has 1 aromatic rings. The first-order chi connectivity index (χ1) is 9.81. The van der Waals surface area contributed by atoms with Gasteiger partial charge in [-0.15, -0.1) is 0 Å². The van der Waals surface area contributed by atoms with E-state index in [-0.39, 0.29) is 0 Å². The maximum absolute atomic E-state index is 5.56. The lowest BCUT2D eigenvalue weighted by Gasteiger charge is -2.21. The molecule has 2 N–H and O–H groups in total. The fourth-order valence-corrected chi connectivity index (χ4v) is 2.81. The molecule has 0 spiro atoms. The van der Waals surface area contributed by atoms with Crippen molar-refractivity contribution in [2.75, 3.05) is 39.3 Å². The van der Waals surface area contributed by atoms with Crippen LogP contribution in [0.5, 0.6) is 0 Å². The summed E-state index contributed by atoms with van der Waals surface area (Å²) in [5.74, 6) is 0. The number of nitrogens with two attached hydrogens (primary N) is 1. The summed E-state index contributed by atoms with van der Waals surface area (Å²) < 4.78 is 2.01. The van der Waals surface area contributed by atoms with E-state index in [2.05, 4.69) is 28.0 Å². The van der Waals surface area contributed by atoms with E-state index in [9.17, 15) is 0 Å². The van der Waals surface area contributed by atoms with Crippen molar-refractivity contribution in [2.45, 2.75) is 39.3 Å². The maximum Gasteiger partial charge on any atom is 0.0534 e. The Labute approximate surface area is 122 Å². The van der Waals surface area contributed by atoms with Gasteiger partial charge in [0.1, 0.15) is 0 Å². The van der Waals surface area contributed by atoms with Gasteiger partial charge < -0.3 is 10.6 Å². The van der Waals surface area contributed by atoms with Crippen LogP contribution in [0.2, 0.25) is 0 Å². The van der Waals surface area contributed by atoms with Crippen LogP contribution in [-0.4, -0.2) is 58.8 Å². The molecule has 0 atom stereocenters. The summed E-state index contributed by atoms with van der Waals surface area (Å²) in [4.78, 5) is 5.14. The van der Waals surface area contributed by atoms with Gasteiger partial charge in [0.2, 0.25) is 0 Å². The summed E-state index contributed by atoms with van der Waals surface area (Å²) in [6.07, 6.45) is 7.83. The molecule has 1 aromatic heterocycles. The number of hydrogen-bond acceptors (Lipinski definition) is 4. The minimum absolute atomic E-state index is 0.821. The summed E-state index contributed by atoms with van der Waals surface area (Å²) in [6, 6.07) is 0. The van der Waals surface area contributed by atoms with E-state index in [0.29, 0.717) is 0 Å². The lowest BCUT2D eigenvalue weighted by atomic mass is 10.3. The van der Waals surface area contributed by atoms with Crippen LogP contribution in [0.3, 0.4) is 0 Å². The van der Waals surface area contributed by atoms with E-state index in [0.717, 1.165) is 26.1 Å². The molecule has 1 fully saturated rings. The van der Waals surface area contributed by atoms with Crippen LogP contribution < -0.4 is 5.73 Å². The van der Waals surface area contributed by atoms with Gasteiger partial charge in [-0.25, -0.2) is 0 Å². The standard InChI is InChI=1S/C15H29N5/c1-2-20-14-15(12-17-20)13-19-9-5-8-18(10-11-19)7-4-3-6-16/h12,14H,2-11,13,16H2,1H3. The van der Waals surface area contributed by atoms with E-state index in [4.69, 9.17) is 5.73 Å². The molecule has 0 amide bonds. The van der Waals surface area contributed by atoms with Crippen molar-refractivity contribution in [1.82, 2.24) is 19.6 Å². The van der Waals surface area contributed by atoms with Gasteiger partial charge in [-0.2, -0.15) is 5.10 Å². The van der Waals surface area contributed by atoms with E-state index in [1.54, 1.807) is 0 Å². The van der Waals surface area contributed by atoms with Gasteiger partial charge in [0, 0.05) is 37.9 Å². The first-order valence-electron chi connectivity index (χ1n) is 7.98. The van der Waals surface area contributed by atoms with Crippen LogP contribution >= 0.6 is 0 Å². The molecule has 0 aliphatic carbocycles. The molecule has 5 heteroatoms. The van der Waals surface area contributed by atoms with Gasteiger partial charge in [0.05, 0.1) is 6.20 Å². The highest BCUT2D eigenvalue weighted by molar-refractivity contribution is 5.03. The second-order valence-electron chi connectivity index (χ2n) is 5.67. The molecule has 0 unspecified atom stereocenters. The highest BCUT2D eigenvalue weighted by atomic mass is 15.3. The molecule has 0 saturated carbocycles. The zero-order chi connectivity index (χ0) is 14.2. The smallest absolute Gasteiger partial charge is 0.0534 e. The summed E-state index contributed by atoms with van der Waals surface area (Å²) in [5, 5.41) is 4.36. The molecule has 5 nitrogen and oxygen atoms in total. The van der Waals surface area contributed by atoms with Gasteiger partial charge in [-0.3, -0.25) is 9.58 Å². The zero-order valence-electron chi connectivity index (χ0n) is 12.8. The Morgan fingerprint density at radius 3 is 2.70 bits per heavy atom. The van der Waals surface area contributed by atoms with Gasteiger partial charge in [0.25, 0.3) is 0 Å². The molecule has 20 heavy (non-hydrogen) atoms. The Morgan fingerprint density at radius 2 is 1.95 bits per heavy atom. The number of aromatic nitrogens is 2. The Balaban J connectivity index is 1.74. The lowest BCUT2D eigenvalue weighted by Crippen LogP contribution is -2.31. The van der Waals surface area contributed by atoms with Crippen molar-refractivity contribution in [3.8, 4) is 0 Å². The van der Waals surface area contributed by atoms with Crippen molar-refractivity contribution >= 4 is 0 Å². The Morgan fingerprint density at radius 1 is 1.15 bits per heavy atom. The lowest BCUT2D eigenvalue weighted by molar-refractivity contribution is 0.249. The normalized spacial score (nSPS) is 18.3. The quantitative estimate of drug-likeness (QED) is 0.761. The second-order valence-corrected chi connectivity index (χ2v) is 5.67. The van der Waals surface area contributed by atoms with Crippen molar-refractivity contribution in [2.24, 2.45) is 5.73 Å². The maximum atomic E-state index is 5.56. The van der Waals surface area contributed by atoms with Crippen LogP contribution in [0, 0.1) is 0 Å². The van der Waals surface area contributed by atoms with Crippen LogP contribution in [0.15, 0.2) is 12.4 Å². The fourth-order valence-electron chi connectivity index (χ4n) is 2.81. The van der Waals surface area contributed by atoms with Gasteiger partial charge in [-0.1, -0.05) is 0 Å². The highest BCUT2D eigenvalue weighted by Gasteiger charge is 2.15. The van der Waals surface area contributed by atoms with Gasteiger partial charge in [-0.05, 0) is 52.4 Å². The largest absolute Gasteiger partial charge is 0.330 e. The third kappa shape index (κ3) is 4.89. The second kappa shape index (κ2) is 8.39. The first-order valence-corrected chi connectivity index (χ1v) is 7.98. The summed E-state index contributed by atoms with van der Waals surface area (Å²) >= 11 is 0. The SMILES string of the molecule is CCn1cc(CN2CCCN(CCCCN)CC2)cn1. The number of nitrogens with zero attached hydrogens (tertiary/aromatic N) is 4. The van der Waals surface area contributed by atoms with E-state index >= 15 is 0 Å². The third-order valence-electron chi connectivity index (χ3n) is 4.03. The molecular formula is C15H29N5. The summed E-state index contributed by atoms with van der Waals surface area (Å²) in [6.45, 7) is 10.9. The molecule has 114 valence electrons. The zero-order valence-corrected chi connectivity index (χ0v) is 12.8. The summed E-state index contributed by atoms with van der Waals surface area (Å²) in [5.41, 5.74) is 6.90. The fraction of sp³-hybridized carbons (Fsp3) is 0.800. The van der Waals surface area contributed by atoms with Gasteiger partial charge >= 0.3 is 0 Å². The van der Waals surface area contributed by atoms with E-state index < -0.39 is 0 Å². The molecular weight excluding hydrogens is 250 g/mol. The average molecular weight is 279 g/mol. The molecule has 2 heterocycles. The predicted molar refractivity (Wildman–Crippen MR) is 82.5 cm³/mol. The van der Waals surface area contributed by atoms with Crippen LogP contribution in [-0.2, 0) is 13.1 Å². The van der Waals surface area contributed by atoms with Crippen LogP contribution in [0.4, 0.5) is 0 Å². The topological polar surface area (TPSA) is 50.3 Å². The molecule has 1 aliphatic heterocycles. The van der Waals surface area contributed by atoms with E-state index in [1.165, 1.54) is 51.1 Å². The van der Waals surface area contributed by atoms with Gasteiger partial charge in [0.15, 0.2) is 0 Å². The number of rotatable bonds is 7. The molecule has 0 aromatic carbocycles. The Bertz CT molecular complexity index is 376. The van der Waals surface area contributed by atoms with Crippen molar-refractivity contribution in [1.29, 1.82) is 0 Å². The number of aryl methyl sites for hydroxylation is 1. The van der Waals surface area contributed by atoms with E-state index in [1.807, 2.05) is 10.9 Å². The number of hydrogen-bond donors (Lipinski definition) is 1. The Kier molecular flexibility index (Phi) is 6.50. The molecule has 0 radical (unpaired) electrons. The Hall–Kier alpha value is -0.910. The highest BCUT2D eigenvalue weighted by Crippen LogP contribution is 2.09. The predicted octanol–water partition coefficient (Wildman–Crippen LogP) is 1.15. The number of unbranched alkanes of at least 4 members (excludes halogenated alkanes) is 1. The van der Waals surface area contributed by atoms with Crippen LogP contribution in [0.1, 0.15) is 31.7 Å². The van der Waals surface area contributed by atoms with Crippen molar-refractivity contribution < 1.29 is 0 Å². The monoisotopic (exact) mass is 279 g/mol. The van der Waals surface area contributed by atoms with Crippen molar-refractivity contribution in [3.05, 3.63) is 18.0 Å². The van der Waals surface area contributed by atoms with Crippen molar-refractivity contribution in [3.63, 3.8) is 0 Å². The molecule has 1 saturated heterocycles. The first kappa shape index (κ1) is 15.5. The minimum atomic E-state index is 0.821. The third-order valence-corrected chi connectivity index (χ3v) is 4.03. The average Bonchev–Trinajstić information content (AvgIpc) is 2.80.